The van der Waals surface area contributed by atoms with Gasteiger partial charge < -0.3 is 24.6 Å². The molecule has 1 aliphatic rings. The summed E-state index contributed by atoms with van der Waals surface area (Å²) < 4.78 is 59.7. The molecule has 3 N–H and O–H groups in total. The minimum Gasteiger partial charge on any atom is -0.387 e. The second-order valence-electron chi connectivity index (χ2n) is 7.28. The number of pyridine rings is 1. The molecule has 4 rings (SSSR count). The summed E-state index contributed by atoms with van der Waals surface area (Å²) in [4.78, 5) is 4.24. The van der Waals surface area contributed by atoms with Crippen LogP contribution in [-0.2, 0) is 10.9 Å². The Labute approximate surface area is 168 Å². The third-order valence-electron chi connectivity index (χ3n) is 5.28. The number of aromatic nitrogens is 2. The molecule has 1 aromatic carbocycles. The van der Waals surface area contributed by atoms with Crippen LogP contribution in [0.1, 0.15) is 29.0 Å². The number of aliphatic hydroxyl groups excluding tert-OH is 3. The third-order valence-corrected chi connectivity index (χ3v) is 5.28. The van der Waals surface area contributed by atoms with Gasteiger partial charge in [0.1, 0.15) is 35.9 Å². The molecule has 0 bridgehead atoms. The number of halogens is 4. The van der Waals surface area contributed by atoms with Crippen LogP contribution in [0.25, 0.3) is 11.0 Å². The average Bonchev–Trinajstić information content (AvgIpc) is 3.23. The van der Waals surface area contributed by atoms with E-state index in [1.807, 2.05) is 6.92 Å². The Kier molecular flexibility index (Phi) is 5.05. The minimum absolute atomic E-state index is 0.305. The molecule has 2 unspecified atom stereocenters. The van der Waals surface area contributed by atoms with Gasteiger partial charge in [-0.25, -0.2) is 9.37 Å². The van der Waals surface area contributed by atoms with Crippen LogP contribution in [0.2, 0.25) is 0 Å². The third kappa shape index (κ3) is 3.45. The minimum atomic E-state index is -4.82. The molecule has 1 aliphatic heterocycles. The van der Waals surface area contributed by atoms with E-state index < -0.39 is 53.8 Å². The van der Waals surface area contributed by atoms with Gasteiger partial charge in [0.25, 0.3) is 0 Å². The van der Waals surface area contributed by atoms with Crippen LogP contribution in [0.5, 0.6) is 0 Å². The molecule has 30 heavy (non-hydrogen) atoms. The van der Waals surface area contributed by atoms with Gasteiger partial charge >= 0.3 is 6.18 Å². The molecule has 0 aliphatic carbocycles. The van der Waals surface area contributed by atoms with E-state index in [4.69, 9.17) is 4.74 Å². The van der Waals surface area contributed by atoms with E-state index in [2.05, 4.69) is 4.98 Å². The maximum atomic E-state index is 13.7. The van der Waals surface area contributed by atoms with Crippen LogP contribution < -0.4 is 0 Å². The molecular weight excluding hydrogens is 408 g/mol. The summed E-state index contributed by atoms with van der Waals surface area (Å²) in [5.74, 6) is -1.19. The predicted octanol–water partition coefficient (Wildman–Crippen LogP) is 2.86. The molecule has 0 amide bonds. The molecule has 0 radical (unpaired) electrons. The fourth-order valence-corrected chi connectivity index (χ4v) is 3.71. The number of benzene rings is 1. The van der Waals surface area contributed by atoms with Gasteiger partial charge in [-0.3, -0.25) is 0 Å². The molecule has 0 spiro atoms. The summed E-state index contributed by atoms with van der Waals surface area (Å²) in [7, 11) is 0. The van der Waals surface area contributed by atoms with Crippen molar-refractivity contribution in [3.8, 4) is 0 Å². The van der Waals surface area contributed by atoms with Crippen molar-refractivity contribution in [3.63, 3.8) is 0 Å². The van der Waals surface area contributed by atoms with E-state index in [1.54, 1.807) is 24.5 Å². The molecule has 1 fully saturated rings. The molecule has 160 valence electrons. The normalized spacial score (nSPS) is 25.7. The second kappa shape index (κ2) is 7.31. The van der Waals surface area contributed by atoms with Gasteiger partial charge in [0.05, 0.1) is 5.56 Å². The molecule has 1 saturated heterocycles. The summed E-state index contributed by atoms with van der Waals surface area (Å²) >= 11 is 0. The predicted molar refractivity (Wildman–Crippen MR) is 96.8 cm³/mol. The van der Waals surface area contributed by atoms with Crippen molar-refractivity contribution < 1.29 is 37.6 Å². The van der Waals surface area contributed by atoms with E-state index in [1.165, 1.54) is 4.57 Å². The Balaban J connectivity index is 1.66. The summed E-state index contributed by atoms with van der Waals surface area (Å²) in [5, 5.41) is 32.2. The highest BCUT2D eigenvalue weighted by Gasteiger charge is 2.48. The van der Waals surface area contributed by atoms with E-state index in [0.29, 0.717) is 17.8 Å². The van der Waals surface area contributed by atoms with E-state index in [9.17, 15) is 32.9 Å². The Morgan fingerprint density at radius 3 is 2.57 bits per heavy atom. The van der Waals surface area contributed by atoms with Gasteiger partial charge in [-0.05, 0) is 48.4 Å². The number of aryl methyl sites for hydroxylation is 1. The molecule has 3 heterocycles. The second-order valence-corrected chi connectivity index (χ2v) is 7.28. The number of hydrogen-bond acceptors (Lipinski definition) is 5. The van der Waals surface area contributed by atoms with Crippen molar-refractivity contribution >= 4 is 11.0 Å². The Hall–Kier alpha value is -2.53. The monoisotopic (exact) mass is 426 g/mol. The lowest BCUT2D eigenvalue weighted by atomic mass is 9.97. The Morgan fingerprint density at radius 1 is 1.13 bits per heavy atom. The lowest BCUT2D eigenvalue weighted by Gasteiger charge is -2.22. The van der Waals surface area contributed by atoms with Crippen LogP contribution in [0, 0.1) is 12.7 Å². The summed E-state index contributed by atoms with van der Waals surface area (Å²) in [5.41, 5.74) is -0.322. The van der Waals surface area contributed by atoms with E-state index in [0.717, 1.165) is 17.0 Å². The van der Waals surface area contributed by atoms with Gasteiger partial charge in [0.2, 0.25) is 0 Å². The number of fused-ring (bicyclic) bond motifs is 1. The molecule has 0 saturated carbocycles. The van der Waals surface area contributed by atoms with Crippen molar-refractivity contribution in [2.45, 2.75) is 43.7 Å². The standard InChI is InChI=1S/C20H18F4N2O4/c1-9-2-4-25-18-13(9)3-5-26(18)19-16(29)15(28)17(30-19)14(27)10-6-11(20(22,23)24)8-12(21)7-10/h2-8,14-17,19,27-29H,1H3/t14?,15-,16+,17?,19+/m0/s1. The van der Waals surface area contributed by atoms with Crippen LogP contribution in [0.15, 0.2) is 42.7 Å². The molecule has 10 heteroatoms. The van der Waals surface area contributed by atoms with E-state index in [-0.39, 0.29) is 0 Å². The Morgan fingerprint density at radius 2 is 1.87 bits per heavy atom. The van der Waals surface area contributed by atoms with Crippen LogP contribution in [0.4, 0.5) is 17.6 Å². The first-order valence-corrected chi connectivity index (χ1v) is 9.07. The van der Waals surface area contributed by atoms with Crippen LogP contribution >= 0.6 is 0 Å². The van der Waals surface area contributed by atoms with Gasteiger partial charge in [-0.2, -0.15) is 13.2 Å². The number of rotatable bonds is 3. The number of aliphatic hydroxyl groups is 3. The smallest absolute Gasteiger partial charge is 0.387 e. The summed E-state index contributed by atoms with van der Waals surface area (Å²) in [6, 6.07) is 5.15. The quantitative estimate of drug-likeness (QED) is 0.561. The zero-order chi connectivity index (χ0) is 21.8. The molecule has 5 atom stereocenters. The fraction of sp³-hybridized carbons (Fsp3) is 0.350. The van der Waals surface area contributed by atoms with Crippen LogP contribution in [0.3, 0.4) is 0 Å². The van der Waals surface area contributed by atoms with Gasteiger partial charge in [-0.15, -0.1) is 0 Å². The highest BCUT2D eigenvalue weighted by Crippen LogP contribution is 2.39. The highest BCUT2D eigenvalue weighted by molar-refractivity contribution is 5.79. The van der Waals surface area contributed by atoms with Gasteiger partial charge in [-0.1, -0.05) is 0 Å². The van der Waals surface area contributed by atoms with Crippen molar-refractivity contribution in [1.29, 1.82) is 0 Å². The number of ether oxygens (including phenoxy) is 1. The number of hydrogen-bond donors (Lipinski definition) is 3. The first-order chi connectivity index (χ1) is 14.1. The first-order valence-electron chi connectivity index (χ1n) is 9.07. The van der Waals surface area contributed by atoms with Crippen LogP contribution in [-0.4, -0.2) is 43.2 Å². The SMILES string of the molecule is Cc1ccnc2c1ccn2[C@@H]1OC(C(O)c2cc(F)cc(C(F)(F)F)c2)[C@@H](O)[C@H]1O. The van der Waals surface area contributed by atoms with Crippen molar-refractivity contribution in [2.24, 2.45) is 0 Å². The summed E-state index contributed by atoms with van der Waals surface area (Å²) in [6.07, 6.45) is -9.26. The Bertz CT molecular complexity index is 1080. The van der Waals surface area contributed by atoms with Crippen molar-refractivity contribution in [3.05, 3.63) is 65.2 Å². The number of alkyl halides is 3. The zero-order valence-electron chi connectivity index (χ0n) is 15.6. The number of nitrogens with zero attached hydrogens (tertiary/aromatic N) is 2. The lowest BCUT2D eigenvalue weighted by molar-refractivity contribution is -0.138. The highest BCUT2D eigenvalue weighted by atomic mass is 19.4. The average molecular weight is 426 g/mol. The maximum absolute atomic E-state index is 13.7. The fourth-order valence-electron chi connectivity index (χ4n) is 3.71. The molecule has 3 aromatic rings. The maximum Gasteiger partial charge on any atom is 0.416 e. The topological polar surface area (TPSA) is 87.7 Å². The van der Waals surface area contributed by atoms with Gasteiger partial charge in [0, 0.05) is 17.8 Å². The molecule has 6 nitrogen and oxygen atoms in total. The van der Waals surface area contributed by atoms with Crippen molar-refractivity contribution in [1.82, 2.24) is 9.55 Å². The molecular formula is C20H18F4N2O4. The van der Waals surface area contributed by atoms with Gasteiger partial charge in [0.15, 0.2) is 6.23 Å². The van der Waals surface area contributed by atoms with Crippen molar-refractivity contribution in [2.75, 3.05) is 0 Å². The summed E-state index contributed by atoms with van der Waals surface area (Å²) in [6.45, 7) is 1.86. The van der Waals surface area contributed by atoms with E-state index >= 15 is 0 Å². The molecule has 2 aromatic heterocycles. The largest absolute Gasteiger partial charge is 0.416 e. The lowest BCUT2D eigenvalue weighted by Crippen LogP contribution is -2.35. The first kappa shape index (κ1) is 20.7. The zero-order valence-corrected chi connectivity index (χ0v) is 15.6.